The maximum absolute atomic E-state index is 13.8. The van der Waals surface area contributed by atoms with Crippen LogP contribution in [0.3, 0.4) is 0 Å². The molecule has 0 spiro atoms. The van der Waals surface area contributed by atoms with Gasteiger partial charge in [0.15, 0.2) is 12.3 Å². The quantitative estimate of drug-likeness (QED) is 0.740. The molecule has 0 aliphatic carbocycles. The molecule has 1 N–H and O–H groups in total. The lowest BCUT2D eigenvalue weighted by Crippen LogP contribution is -2.56. The molecule has 29 heavy (non-hydrogen) atoms. The van der Waals surface area contributed by atoms with Crippen LogP contribution in [0.5, 0.6) is 5.75 Å². The number of aryl methyl sites for hydroxylation is 2. The van der Waals surface area contributed by atoms with Gasteiger partial charge >= 0.3 is 12.1 Å². The van der Waals surface area contributed by atoms with E-state index in [1.165, 1.54) is 20.8 Å². The monoisotopic (exact) mass is 422 g/mol. The Hall–Kier alpha value is -2.23. The van der Waals surface area contributed by atoms with Gasteiger partial charge in [-0.1, -0.05) is 26.8 Å². The van der Waals surface area contributed by atoms with Gasteiger partial charge in [0.1, 0.15) is 11.5 Å². The number of aliphatic hydroxyl groups is 1. The first kappa shape index (κ1) is 23.1. The molecule has 1 aliphatic heterocycles. The van der Waals surface area contributed by atoms with Crippen LogP contribution in [0, 0.1) is 19.3 Å². The maximum Gasteiger partial charge on any atom is 0.459 e. The number of ether oxygens (including phenoxy) is 1. The van der Waals surface area contributed by atoms with E-state index in [1.54, 1.807) is 18.2 Å². The van der Waals surface area contributed by atoms with Gasteiger partial charge in [-0.25, -0.2) is 0 Å². The van der Waals surface area contributed by atoms with Crippen LogP contribution in [-0.2, 0) is 4.79 Å². The van der Waals surface area contributed by atoms with Crippen molar-refractivity contribution in [3.8, 4) is 5.75 Å². The normalized spacial score (nSPS) is 20.7. The van der Waals surface area contributed by atoms with Gasteiger partial charge in [-0.05, 0) is 37.1 Å². The Morgan fingerprint density at radius 1 is 1.17 bits per heavy atom. The van der Waals surface area contributed by atoms with Crippen LogP contribution >= 0.6 is 0 Å². The summed E-state index contributed by atoms with van der Waals surface area (Å²) in [5.74, 6) is -6.02. The first-order valence-electron chi connectivity index (χ1n) is 8.78. The average Bonchev–Trinajstić information content (AvgIpc) is 2.94. The zero-order valence-electron chi connectivity index (χ0n) is 16.7. The van der Waals surface area contributed by atoms with Crippen LogP contribution in [-0.4, -0.2) is 46.2 Å². The molecule has 0 saturated carbocycles. The summed E-state index contributed by atoms with van der Waals surface area (Å²) in [6.07, 6.45) is -7.04. The zero-order chi connectivity index (χ0) is 22.4. The van der Waals surface area contributed by atoms with Gasteiger partial charge in [0, 0.05) is 11.8 Å². The predicted molar refractivity (Wildman–Crippen MR) is 95.7 cm³/mol. The lowest BCUT2D eigenvalue weighted by atomic mass is 9.79. The summed E-state index contributed by atoms with van der Waals surface area (Å²) in [6.45, 7) is 7.20. The number of hydrogen-bond acceptors (Lipinski definition) is 4. The van der Waals surface area contributed by atoms with E-state index in [0.717, 1.165) is 11.1 Å². The number of hydrazone groups is 1. The highest BCUT2D eigenvalue weighted by atomic mass is 19.4. The number of carbonyl (C=O) groups excluding carboxylic acids is 1. The van der Waals surface area contributed by atoms with E-state index in [4.69, 9.17) is 4.74 Å². The number of halogens is 5. The Kier molecular flexibility index (Phi) is 5.75. The molecule has 0 radical (unpaired) electrons. The molecule has 10 heteroatoms. The minimum absolute atomic E-state index is 0.281. The van der Waals surface area contributed by atoms with Crippen molar-refractivity contribution in [3.63, 3.8) is 0 Å². The van der Waals surface area contributed by atoms with E-state index in [1.807, 2.05) is 13.8 Å². The van der Waals surface area contributed by atoms with Crippen molar-refractivity contribution in [2.45, 2.75) is 58.9 Å². The maximum atomic E-state index is 13.8. The molecule has 0 unspecified atom stereocenters. The van der Waals surface area contributed by atoms with Crippen molar-refractivity contribution in [3.05, 3.63) is 29.3 Å². The molecule has 1 aromatic rings. The van der Waals surface area contributed by atoms with Gasteiger partial charge in [0.05, 0.1) is 0 Å². The molecule has 0 bridgehead atoms. The third-order valence-corrected chi connectivity index (χ3v) is 4.98. The Labute approximate surface area is 165 Å². The van der Waals surface area contributed by atoms with Crippen molar-refractivity contribution < 1.29 is 36.6 Å². The van der Waals surface area contributed by atoms with Crippen molar-refractivity contribution in [2.24, 2.45) is 10.5 Å². The molecule has 1 aliphatic rings. The fourth-order valence-electron chi connectivity index (χ4n) is 2.74. The Balaban J connectivity index is 2.31. The number of alkyl halides is 5. The fourth-order valence-corrected chi connectivity index (χ4v) is 2.74. The molecule has 1 amide bonds. The molecule has 1 aromatic carbocycles. The van der Waals surface area contributed by atoms with Gasteiger partial charge in [-0.15, -0.1) is 0 Å². The van der Waals surface area contributed by atoms with Crippen molar-refractivity contribution in [1.82, 2.24) is 5.01 Å². The number of nitrogens with zero attached hydrogens (tertiary/aromatic N) is 2. The standard InChI is InChI=1S/C19H23F5N2O3/c1-11-6-7-13(8-12(11)2)29-10-15(27)26-17(28,16(3,4)5)9-14(25-26)18(20,21)19(22,23)24/h6-8,28H,9-10H2,1-5H3/t17-/m1/s1. The number of carbonyl (C=O) groups is 1. The van der Waals surface area contributed by atoms with Crippen LogP contribution in [0.25, 0.3) is 0 Å². The second kappa shape index (κ2) is 7.23. The van der Waals surface area contributed by atoms with E-state index in [9.17, 15) is 31.9 Å². The summed E-state index contributed by atoms with van der Waals surface area (Å²) in [4.78, 5) is 12.6. The molecular weight excluding hydrogens is 399 g/mol. The highest BCUT2D eigenvalue weighted by Crippen LogP contribution is 2.47. The average molecular weight is 422 g/mol. The van der Waals surface area contributed by atoms with Crippen LogP contribution in [0.4, 0.5) is 22.0 Å². The van der Waals surface area contributed by atoms with Gasteiger partial charge in [-0.2, -0.15) is 32.1 Å². The van der Waals surface area contributed by atoms with Crippen LogP contribution in [0.2, 0.25) is 0 Å². The van der Waals surface area contributed by atoms with Crippen molar-refractivity contribution in [2.75, 3.05) is 6.61 Å². The minimum atomic E-state index is -5.90. The summed E-state index contributed by atoms with van der Waals surface area (Å²) < 4.78 is 71.2. The second-order valence-corrected chi connectivity index (χ2v) is 8.10. The fraction of sp³-hybridized carbons (Fsp3) is 0.579. The van der Waals surface area contributed by atoms with E-state index >= 15 is 0 Å². The van der Waals surface area contributed by atoms with Crippen LogP contribution < -0.4 is 4.74 Å². The van der Waals surface area contributed by atoms with Crippen LogP contribution in [0.1, 0.15) is 38.3 Å². The Morgan fingerprint density at radius 3 is 2.24 bits per heavy atom. The summed E-state index contributed by atoms with van der Waals surface area (Å²) >= 11 is 0. The van der Waals surface area contributed by atoms with Crippen LogP contribution in [0.15, 0.2) is 23.3 Å². The van der Waals surface area contributed by atoms with Gasteiger partial charge in [0.2, 0.25) is 0 Å². The third kappa shape index (κ3) is 4.22. The lowest BCUT2D eigenvalue weighted by molar-refractivity contribution is -0.250. The number of hydrogen-bond donors (Lipinski definition) is 1. The number of rotatable bonds is 4. The number of benzene rings is 1. The molecule has 1 heterocycles. The Bertz CT molecular complexity index is 830. The molecule has 1 atom stereocenters. The third-order valence-electron chi connectivity index (χ3n) is 4.98. The summed E-state index contributed by atoms with van der Waals surface area (Å²) in [5.41, 5.74) is -3.40. The molecule has 5 nitrogen and oxygen atoms in total. The molecule has 0 aromatic heterocycles. The van der Waals surface area contributed by atoms with E-state index in [-0.39, 0.29) is 5.01 Å². The van der Waals surface area contributed by atoms with Crippen molar-refractivity contribution >= 4 is 11.6 Å². The highest BCUT2D eigenvalue weighted by Gasteiger charge is 2.66. The van der Waals surface area contributed by atoms with E-state index < -0.39 is 47.9 Å². The molecule has 0 saturated heterocycles. The van der Waals surface area contributed by atoms with Gasteiger partial charge < -0.3 is 9.84 Å². The molecular formula is C19H23F5N2O3. The van der Waals surface area contributed by atoms with Gasteiger partial charge in [0.25, 0.3) is 5.91 Å². The molecule has 162 valence electrons. The lowest BCUT2D eigenvalue weighted by Gasteiger charge is -2.41. The Morgan fingerprint density at radius 2 is 1.76 bits per heavy atom. The predicted octanol–water partition coefficient (Wildman–Crippen LogP) is 4.20. The highest BCUT2D eigenvalue weighted by molar-refractivity contribution is 5.96. The van der Waals surface area contributed by atoms with E-state index in [2.05, 4.69) is 5.10 Å². The summed E-state index contributed by atoms with van der Waals surface area (Å²) in [6, 6.07) is 4.98. The molecule has 0 fully saturated rings. The summed E-state index contributed by atoms with van der Waals surface area (Å²) in [7, 11) is 0. The molecule has 2 rings (SSSR count). The minimum Gasteiger partial charge on any atom is -0.484 e. The SMILES string of the molecule is Cc1ccc(OCC(=O)N2N=C(C(F)(F)C(F)(F)F)C[C@@]2(O)C(C)(C)C)cc1C. The number of amides is 1. The second-order valence-electron chi connectivity index (χ2n) is 8.10. The largest absolute Gasteiger partial charge is 0.484 e. The topological polar surface area (TPSA) is 62.1 Å². The smallest absolute Gasteiger partial charge is 0.459 e. The van der Waals surface area contributed by atoms with Gasteiger partial charge in [-0.3, -0.25) is 4.79 Å². The summed E-state index contributed by atoms with van der Waals surface area (Å²) in [5, 5.41) is 14.3. The first-order valence-corrected chi connectivity index (χ1v) is 8.78. The first-order chi connectivity index (χ1) is 13.0. The van der Waals surface area contributed by atoms with Crippen molar-refractivity contribution in [1.29, 1.82) is 0 Å². The van der Waals surface area contributed by atoms with E-state index in [0.29, 0.717) is 5.75 Å². The zero-order valence-corrected chi connectivity index (χ0v) is 16.7.